The molecular formula is C14H24N2O7S. The smallest absolute Gasteiger partial charge is 0.329 e. The van der Waals surface area contributed by atoms with Crippen molar-refractivity contribution in [3.63, 3.8) is 0 Å². The molecule has 1 atom stereocenters. The first-order valence-corrected chi connectivity index (χ1v) is 8.28. The highest BCUT2D eigenvalue weighted by Gasteiger charge is 2.36. The van der Waals surface area contributed by atoms with E-state index >= 15 is 0 Å². The number of rotatable bonds is 8. The Balaban J connectivity index is 5.03. The maximum atomic E-state index is 12.1. The van der Waals surface area contributed by atoms with Crippen LogP contribution in [-0.2, 0) is 24.0 Å². The fourth-order valence-corrected chi connectivity index (χ4v) is 2.32. The quantitative estimate of drug-likeness (QED) is 0.388. The van der Waals surface area contributed by atoms with Crippen LogP contribution < -0.4 is 5.32 Å². The standard InChI is InChI=1S/C14H24N2O7S/c1-7-22-10(17)9(8-24-12(19)13(2,3)4)15-11(18)14(5,6)23-16(20)21/h9H,7-8H2,1-6H3,(H,15,18). The molecule has 0 bridgehead atoms. The fourth-order valence-electron chi connectivity index (χ4n) is 1.35. The van der Waals surface area contributed by atoms with Gasteiger partial charge in [-0.05, 0) is 20.8 Å². The van der Waals surface area contributed by atoms with Crippen LogP contribution in [0.2, 0.25) is 0 Å². The Kier molecular flexibility index (Phi) is 8.18. The van der Waals surface area contributed by atoms with Gasteiger partial charge in [0.2, 0.25) is 0 Å². The Morgan fingerprint density at radius 1 is 1.21 bits per heavy atom. The molecule has 0 spiro atoms. The van der Waals surface area contributed by atoms with Gasteiger partial charge < -0.3 is 10.1 Å². The Morgan fingerprint density at radius 2 is 1.75 bits per heavy atom. The van der Waals surface area contributed by atoms with Gasteiger partial charge in [0.1, 0.15) is 6.04 Å². The lowest BCUT2D eigenvalue weighted by molar-refractivity contribution is -0.774. The summed E-state index contributed by atoms with van der Waals surface area (Å²) in [5.41, 5.74) is -2.39. The second-order valence-corrected chi connectivity index (χ2v) is 7.44. The van der Waals surface area contributed by atoms with Crippen LogP contribution >= 0.6 is 11.8 Å². The number of esters is 1. The van der Waals surface area contributed by atoms with Crippen LogP contribution in [0.15, 0.2) is 0 Å². The van der Waals surface area contributed by atoms with Gasteiger partial charge in [-0.3, -0.25) is 14.4 Å². The molecule has 0 aliphatic rings. The van der Waals surface area contributed by atoms with Crippen LogP contribution in [0.4, 0.5) is 0 Å². The van der Waals surface area contributed by atoms with Gasteiger partial charge in [0.15, 0.2) is 10.7 Å². The maximum absolute atomic E-state index is 12.1. The normalized spacial score (nSPS) is 12.9. The van der Waals surface area contributed by atoms with Crippen LogP contribution in [-0.4, -0.2) is 46.1 Å². The lowest BCUT2D eigenvalue weighted by Gasteiger charge is -2.25. The van der Waals surface area contributed by atoms with E-state index in [0.29, 0.717) is 0 Å². The van der Waals surface area contributed by atoms with Crippen LogP contribution in [0.5, 0.6) is 0 Å². The van der Waals surface area contributed by atoms with E-state index in [1.54, 1.807) is 27.7 Å². The van der Waals surface area contributed by atoms with Crippen molar-refractivity contribution in [2.45, 2.75) is 53.2 Å². The number of amides is 1. The Labute approximate surface area is 144 Å². The summed E-state index contributed by atoms with van der Waals surface area (Å²) in [5, 5.41) is 11.5. The topological polar surface area (TPSA) is 125 Å². The predicted octanol–water partition coefficient (Wildman–Crippen LogP) is 1.33. The first kappa shape index (κ1) is 22.2. The molecule has 0 aromatic heterocycles. The maximum Gasteiger partial charge on any atom is 0.329 e. The molecule has 0 heterocycles. The summed E-state index contributed by atoms with van der Waals surface area (Å²) in [4.78, 5) is 50.8. The van der Waals surface area contributed by atoms with Gasteiger partial charge in [-0.15, -0.1) is 10.1 Å². The van der Waals surface area contributed by atoms with Crippen molar-refractivity contribution in [2.75, 3.05) is 12.4 Å². The molecule has 0 saturated heterocycles. The largest absolute Gasteiger partial charge is 0.464 e. The molecule has 0 aliphatic heterocycles. The monoisotopic (exact) mass is 364 g/mol. The summed E-state index contributed by atoms with van der Waals surface area (Å²) in [5.74, 6) is -1.63. The second-order valence-electron chi connectivity index (χ2n) is 6.45. The number of nitrogens with zero attached hydrogens (tertiary/aromatic N) is 1. The number of hydrogen-bond donors (Lipinski definition) is 1. The van der Waals surface area contributed by atoms with Gasteiger partial charge in [-0.25, -0.2) is 4.79 Å². The number of thioether (sulfide) groups is 1. The summed E-state index contributed by atoms with van der Waals surface area (Å²) in [6.45, 7) is 9.28. The minimum atomic E-state index is -1.78. The van der Waals surface area contributed by atoms with E-state index in [1.807, 2.05) is 0 Å². The van der Waals surface area contributed by atoms with Crippen LogP contribution in [0.3, 0.4) is 0 Å². The molecule has 24 heavy (non-hydrogen) atoms. The van der Waals surface area contributed by atoms with E-state index in [0.717, 1.165) is 11.8 Å². The van der Waals surface area contributed by atoms with E-state index < -0.39 is 34.0 Å². The molecular weight excluding hydrogens is 340 g/mol. The second kappa shape index (κ2) is 8.86. The van der Waals surface area contributed by atoms with Crippen molar-refractivity contribution in [2.24, 2.45) is 5.41 Å². The van der Waals surface area contributed by atoms with E-state index in [2.05, 4.69) is 10.2 Å². The Bertz CT molecular complexity index is 500. The van der Waals surface area contributed by atoms with Crippen molar-refractivity contribution < 1.29 is 29.0 Å². The third-order valence-electron chi connectivity index (χ3n) is 2.72. The van der Waals surface area contributed by atoms with Crippen molar-refractivity contribution >= 4 is 28.8 Å². The van der Waals surface area contributed by atoms with E-state index in [9.17, 15) is 24.5 Å². The lowest BCUT2D eigenvalue weighted by Crippen LogP contribution is -2.53. The van der Waals surface area contributed by atoms with Gasteiger partial charge >= 0.3 is 5.97 Å². The third kappa shape index (κ3) is 7.62. The molecule has 0 saturated carbocycles. The summed E-state index contributed by atoms with van der Waals surface area (Å²) in [7, 11) is 0. The zero-order chi connectivity index (χ0) is 19.1. The zero-order valence-corrected chi connectivity index (χ0v) is 15.5. The summed E-state index contributed by atoms with van der Waals surface area (Å²) in [6.07, 6.45) is 0. The SMILES string of the molecule is CCOC(=O)C(CSC(=O)C(C)(C)C)NC(=O)C(C)(C)O[N+](=O)[O-]. The molecule has 0 radical (unpaired) electrons. The van der Waals surface area contributed by atoms with Crippen LogP contribution in [0, 0.1) is 15.5 Å². The zero-order valence-electron chi connectivity index (χ0n) is 14.7. The predicted molar refractivity (Wildman–Crippen MR) is 87.6 cm³/mol. The highest BCUT2D eigenvalue weighted by Crippen LogP contribution is 2.23. The minimum absolute atomic E-state index is 0.0464. The van der Waals surface area contributed by atoms with Gasteiger partial charge in [0.05, 0.1) is 6.61 Å². The lowest BCUT2D eigenvalue weighted by atomic mass is 10.00. The molecule has 0 rings (SSSR count). The van der Waals surface area contributed by atoms with Crippen molar-refractivity contribution in [1.29, 1.82) is 0 Å². The van der Waals surface area contributed by atoms with Crippen LogP contribution in [0.25, 0.3) is 0 Å². The number of ether oxygens (including phenoxy) is 1. The van der Waals surface area contributed by atoms with E-state index in [4.69, 9.17) is 4.74 Å². The minimum Gasteiger partial charge on any atom is -0.464 e. The number of carbonyl (C=O) groups is 3. The van der Waals surface area contributed by atoms with Crippen molar-refractivity contribution in [3.05, 3.63) is 10.1 Å². The summed E-state index contributed by atoms with van der Waals surface area (Å²) >= 11 is 0.883. The first-order valence-electron chi connectivity index (χ1n) is 7.29. The number of nitrogens with one attached hydrogen (secondary N) is 1. The van der Waals surface area contributed by atoms with Crippen molar-refractivity contribution in [3.8, 4) is 0 Å². The van der Waals surface area contributed by atoms with Crippen molar-refractivity contribution in [1.82, 2.24) is 5.32 Å². The molecule has 1 amide bonds. The highest BCUT2D eigenvalue weighted by atomic mass is 32.2. The van der Waals surface area contributed by atoms with Gasteiger partial charge in [-0.1, -0.05) is 32.5 Å². The average molecular weight is 364 g/mol. The molecule has 0 aliphatic carbocycles. The number of carbonyl (C=O) groups excluding carboxylic acids is 3. The van der Waals surface area contributed by atoms with Gasteiger partial charge in [0.25, 0.3) is 11.0 Å². The number of hydrogen-bond acceptors (Lipinski definition) is 8. The molecule has 9 nitrogen and oxygen atoms in total. The first-order chi connectivity index (χ1) is 10.8. The molecule has 10 heteroatoms. The molecule has 1 unspecified atom stereocenters. The van der Waals surface area contributed by atoms with Gasteiger partial charge in [0, 0.05) is 11.2 Å². The Hall–Kier alpha value is -1.84. The Morgan fingerprint density at radius 3 is 2.17 bits per heavy atom. The van der Waals surface area contributed by atoms with E-state index in [-0.39, 0.29) is 17.5 Å². The molecule has 0 aromatic rings. The fraction of sp³-hybridized carbons (Fsp3) is 0.786. The molecule has 138 valence electrons. The summed E-state index contributed by atoms with van der Waals surface area (Å²) in [6, 6.07) is -1.12. The average Bonchev–Trinajstić information content (AvgIpc) is 2.40. The van der Waals surface area contributed by atoms with Gasteiger partial charge in [-0.2, -0.15) is 0 Å². The molecule has 1 N–H and O–H groups in total. The highest BCUT2D eigenvalue weighted by molar-refractivity contribution is 8.13. The van der Waals surface area contributed by atoms with E-state index in [1.165, 1.54) is 13.8 Å². The molecule has 0 aromatic carbocycles. The van der Waals surface area contributed by atoms with Crippen LogP contribution in [0.1, 0.15) is 41.5 Å². The molecule has 0 fully saturated rings. The third-order valence-corrected chi connectivity index (χ3v) is 4.09. The summed E-state index contributed by atoms with van der Waals surface area (Å²) < 4.78 is 4.86.